The zero-order chi connectivity index (χ0) is 69.6. The van der Waals surface area contributed by atoms with E-state index in [2.05, 4.69) is 71.9 Å². The topological polar surface area (TPSA) is 407 Å². The van der Waals surface area contributed by atoms with Gasteiger partial charge < -0.3 is 69.0 Å². The number of anilines is 2. The minimum Gasteiger partial charge on any atom is -0.444 e. The van der Waals surface area contributed by atoms with Gasteiger partial charge in [0.15, 0.2) is 34.3 Å². The van der Waals surface area contributed by atoms with Crippen molar-refractivity contribution in [3.05, 3.63) is 78.0 Å². The summed E-state index contributed by atoms with van der Waals surface area (Å²) < 4.78 is 39.5. The monoisotopic (exact) mass is 1450 g/mol. The van der Waals surface area contributed by atoms with Crippen LogP contribution in [0.4, 0.5) is 26.0 Å². The normalized spacial score (nSPS) is 15.4. The predicted molar refractivity (Wildman–Crippen MR) is 369 cm³/mol. The predicted octanol–water partition coefficient (Wildman–Crippen LogP) is 7.00. The second kappa shape index (κ2) is 41.9. The Kier molecular flexibility index (Phi) is 36.3. The quantitative estimate of drug-likeness (QED) is 0.0153. The van der Waals surface area contributed by atoms with Gasteiger partial charge in [-0.3, -0.25) is 19.2 Å². The molecule has 33 nitrogen and oxygen atoms in total. The van der Waals surface area contributed by atoms with E-state index in [1.54, 1.807) is 81.0 Å². The fraction of sp³-hybridized carbons (Fsp3) is 0.586. The first-order valence-electron chi connectivity index (χ1n) is 30.2. The van der Waals surface area contributed by atoms with Gasteiger partial charge in [-0.15, -0.1) is 55.5 Å². The maximum absolute atomic E-state index is 12.8. The summed E-state index contributed by atoms with van der Waals surface area (Å²) in [5, 5.41) is 54.9. The molecule has 4 aliphatic rings. The van der Waals surface area contributed by atoms with Crippen molar-refractivity contribution in [1.29, 1.82) is 10.5 Å². The van der Waals surface area contributed by atoms with Crippen LogP contribution >= 0.6 is 52.9 Å². The molecule has 0 aromatic carbocycles. The smallest absolute Gasteiger partial charge is 0.444 e. The fourth-order valence-corrected chi connectivity index (χ4v) is 13.0. The third-order valence-corrected chi connectivity index (χ3v) is 18.2. The average molecular weight is 1450 g/mol. The van der Waals surface area contributed by atoms with E-state index in [0.717, 1.165) is 70.5 Å². The number of nitriles is 2. The number of ether oxygens (including phenoxy) is 3. The number of aromatic amines is 2. The zero-order valence-electron chi connectivity index (χ0n) is 56.2. The van der Waals surface area contributed by atoms with E-state index >= 15 is 0 Å². The number of hydrogen-bond donors (Lipinski definition) is 3. The fourth-order valence-electron chi connectivity index (χ4n) is 8.90. The van der Waals surface area contributed by atoms with Crippen molar-refractivity contribution in [2.24, 2.45) is 0 Å². The van der Waals surface area contributed by atoms with E-state index in [4.69, 9.17) is 34.3 Å². The van der Waals surface area contributed by atoms with E-state index in [1.165, 1.54) is 38.9 Å². The van der Waals surface area contributed by atoms with Crippen LogP contribution in [0.25, 0.3) is 43.5 Å². The summed E-state index contributed by atoms with van der Waals surface area (Å²) >= 11 is 5.95. The number of allylic oxidation sites excluding steroid dienone is 1. The van der Waals surface area contributed by atoms with E-state index in [1.807, 2.05) is 89.4 Å². The van der Waals surface area contributed by atoms with Gasteiger partial charge in [-0.05, 0) is 76.2 Å². The molecular weight excluding hydrogens is 1360 g/mol. The second-order valence-corrected chi connectivity index (χ2v) is 29.0. The van der Waals surface area contributed by atoms with Crippen molar-refractivity contribution in [2.45, 2.75) is 106 Å². The Labute approximate surface area is 604 Å². The molecule has 39 heteroatoms. The van der Waals surface area contributed by atoms with Crippen LogP contribution in [0.15, 0.2) is 52.0 Å². The number of piperazine rings is 4. The standard InChI is InChI=1S/C15H20N4O2S.C15H28N3O5P.C14H20N6O2S.C9H12N6S.C4H3NOS.CH4.N3.Na/c1-15(2,3)21-14(20)19-7-5-18(6-8-19)12(11-16)10-13-17-4-9-22-13;1-6-21-24(20,22-7-2)13(12-16)17-8-10-18(11-9-17)14(19)23-15(3,4)5;1-14(2,3)22-13(21)20-7-5-19(6-8-20)11-10(16-18-17-11)12-15-4-9-23-12;1-4-15(5-2-10-1)8-7(12-14-13-8)9-11-3-6-16-9;6-3-4-5-1-2-7-4;;1-3-2;/h4,9-10H,5-8H2,1-3H3;13H,6-11H2,1-5H3;4,9H,5-8H2,1-3H3,(H,16,17,18);3,6,10H,1-2,4-5H2,(H,12,13,14);1-3H;1H4;;/q;;;;;;-1;+1/b12-10+;;;;;;;. The molecule has 524 valence electrons. The molecule has 6 aromatic rings. The molecule has 10 rings (SSSR count). The number of aldehydes is 1. The number of aromatic nitrogens is 10. The van der Waals surface area contributed by atoms with Crippen LogP contribution in [0.2, 0.25) is 0 Å². The Bertz CT molecular complexity index is 3430. The van der Waals surface area contributed by atoms with Crippen LogP contribution in [0.1, 0.15) is 98.4 Å². The van der Waals surface area contributed by atoms with Gasteiger partial charge in [0.2, 0.25) is 5.78 Å². The number of carbonyl (C=O) groups excluding carboxylic acids is 4. The van der Waals surface area contributed by atoms with Crippen molar-refractivity contribution in [2.75, 3.05) is 128 Å². The van der Waals surface area contributed by atoms with Crippen molar-refractivity contribution < 1.29 is 76.6 Å². The molecule has 1 atom stereocenters. The van der Waals surface area contributed by atoms with Gasteiger partial charge in [0, 0.05) is 157 Å². The van der Waals surface area contributed by atoms with Crippen LogP contribution in [0, 0.1) is 22.7 Å². The Morgan fingerprint density at radius 1 is 0.598 bits per heavy atom. The van der Waals surface area contributed by atoms with Gasteiger partial charge in [-0.25, -0.2) is 34.3 Å². The van der Waals surface area contributed by atoms with Gasteiger partial charge in [0.25, 0.3) is 0 Å². The first kappa shape index (κ1) is 84.0. The first-order chi connectivity index (χ1) is 45.3. The SMILES string of the molecule is C.CC(C)(C)OC(=O)N1CCN(/C(C#N)=C/c2nccs2)CC1.CC(C)(C)OC(=O)N1CCN(c2n[nH]nc2-c2nccs2)CC1.CCOP(=O)(OCC)C(C#N)N1CCN(C(=O)OC(C)(C)C)CC1.O=Cc1nccs1.[N-]=[N+]=[N-].[Na+].c1csc(-c2n[nH]nc2N2CCNCC2)n1. The van der Waals surface area contributed by atoms with Crippen LogP contribution < -0.4 is 44.7 Å². The Morgan fingerprint density at radius 3 is 1.31 bits per heavy atom. The third-order valence-electron chi connectivity index (χ3n) is 13.0. The van der Waals surface area contributed by atoms with Crippen molar-refractivity contribution in [3.63, 3.8) is 0 Å². The number of nitrogens with zero attached hydrogens (tertiary/aromatic N) is 20. The summed E-state index contributed by atoms with van der Waals surface area (Å²) in [4.78, 5) is 77.0. The van der Waals surface area contributed by atoms with Gasteiger partial charge in [-0.1, -0.05) is 7.43 Å². The molecule has 4 fully saturated rings. The molecule has 0 radical (unpaired) electrons. The van der Waals surface area contributed by atoms with E-state index < -0.39 is 30.2 Å². The van der Waals surface area contributed by atoms with Crippen molar-refractivity contribution >= 4 is 95.2 Å². The van der Waals surface area contributed by atoms with Crippen LogP contribution in [0.5, 0.6) is 0 Å². The molecule has 0 saturated carbocycles. The van der Waals surface area contributed by atoms with E-state index in [9.17, 15) is 34.3 Å². The molecule has 4 saturated heterocycles. The van der Waals surface area contributed by atoms with Crippen LogP contribution in [-0.2, 0) is 27.8 Å². The Balaban J connectivity index is 0.000000320. The molecule has 4 aliphatic heterocycles. The Morgan fingerprint density at radius 2 is 0.969 bits per heavy atom. The number of carbonyl (C=O) groups is 4. The summed E-state index contributed by atoms with van der Waals surface area (Å²) in [6.45, 7) is 30.8. The number of amides is 3. The molecular formula is C58H87N23NaO10PS4. The minimum absolute atomic E-state index is 0. The summed E-state index contributed by atoms with van der Waals surface area (Å²) in [6, 6.07) is 4.25. The molecule has 0 spiro atoms. The summed E-state index contributed by atoms with van der Waals surface area (Å²) in [5.74, 6) is 0.721. The molecule has 97 heavy (non-hydrogen) atoms. The van der Waals surface area contributed by atoms with Crippen molar-refractivity contribution in [3.8, 4) is 33.5 Å². The Hall–Kier alpha value is -7.22. The van der Waals surface area contributed by atoms with Crippen LogP contribution in [0.3, 0.4) is 0 Å². The number of H-pyrrole nitrogens is 2. The second-order valence-electron chi connectivity index (χ2n) is 23.3. The molecule has 10 heterocycles. The molecule has 0 aliphatic carbocycles. The van der Waals surface area contributed by atoms with E-state index in [0.29, 0.717) is 89.2 Å². The molecule has 1 unspecified atom stereocenters. The van der Waals surface area contributed by atoms with Gasteiger partial charge >= 0.3 is 55.4 Å². The zero-order valence-corrected chi connectivity index (χ0v) is 62.3. The average Bonchev–Trinajstić information content (AvgIpc) is 1.75. The van der Waals surface area contributed by atoms with Gasteiger partial charge in [0.1, 0.15) is 43.6 Å². The number of nitrogens with one attached hydrogen (secondary N) is 3. The number of rotatable bonds is 13. The molecule has 6 aromatic heterocycles. The molecule has 3 amide bonds. The van der Waals surface area contributed by atoms with Crippen LogP contribution in [-0.4, -0.2) is 240 Å². The maximum atomic E-state index is 12.8. The first-order valence-corrected chi connectivity index (χ1v) is 35.3. The third kappa shape index (κ3) is 28.3. The van der Waals surface area contributed by atoms with Gasteiger partial charge in [0.05, 0.1) is 19.3 Å². The number of thiazole rings is 4. The summed E-state index contributed by atoms with van der Waals surface area (Å²) in [7, 11) is -3.54. The maximum Gasteiger partial charge on any atom is 1.00 e. The molecule has 0 bridgehead atoms. The molecule has 3 N–H and O–H groups in total. The minimum atomic E-state index is -3.54. The van der Waals surface area contributed by atoms with Crippen molar-refractivity contribution in [1.82, 2.24) is 80.6 Å². The largest absolute Gasteiger partial charge is 1.00 e. The van der Waals surface area contributed by atoms with E-state index in [-0.39, 0.29) is 68.5 Å². The van der Waals surface area contributed by atoms with Gasteiger partial charge in [-0.2, -0.15) is 31.1 Å². The number of hydrogen-bond acceptors (Lipinski definition) is 29. The summed E-state index contributed by atoms with van der Waals surface area (Å²) in [5.41, 5.74) is 14.2. The summed E-state index contributed by atoms with van der Waals surface area (Å²) in [6.07, 6.45) is 8.44.